The number of carbonyl (C=O) groups is 2. The molecule has 1 fully saturated rings. The largest absolute Gasteiger partial charge is 0.341 e. The van der Waals surface area contributed by atoms with E-state index in [4.69, 9.17) is 0 Å². The van der Waals surface area contributed by atoms with Crippen molar-refractivity contribution in [3.05, 3.63) is 48.0 Å². The van der Waals surface area contributed by atoms with Crippen LogP contribution in [0, 0.1) is 11.7 Å². The van der Waals surface area contributed by atoms with Crippen molar-refractivity contribution < 1.29 is 14.0 Å². The van der Waals surface area contributed by atoms with E-state index in [1.54, 1.807) is 22.8 Å². The minimum Gasteiger partial charge on any atom is -0.341 e. The highest BCUT2D eigenvalue weighted by molar-refractivity contribution is 5.92. The molecule has 9 heteroatoms. The molecule has 0 aliphatic carbocycles. The number of aromatic nitrogens is 2. The van der Waals surface area contributed by atoms with Gasteiger partial charge in [-0.3, -0.25) is 14.3 Å². The molecule has 1 atom stereocenters. The van der Waals surface area contributed by atoms with E-state index in [1.165, 1.54) is 24.3 Å². The van der Waals surface area contributed by atoms with Crippen molar-refractivity contribution in [3.8, 4) is 0 Å². The lowest BCUT2D eigenvalue weighted by molar-refractivity contribution is -0.136. The Morgan fingerprint density at radius 2 is 1.86 bits per heavy atom. The molecule has 1 aliphatic heterocycles. The highest BCUT2D eigenvalue weighted by Gasteiger charge is 2.31. The Bertz CT molecular complexity index is 803. The zero-order valence-electron chi connectivity index (χ0n) is 15.9. The molecule has 1 aromatic heterocycles. The molecule has 1 unspecified atom stereocenters. The second-order valence-corrected chi connectivity index (χ2v) is 6.76. The van der Waals surface area contributed by atoms with Crippen LogP contribution in [0.2, 0.25) is 0 Å². The molecule has 28 heavy (non-hydrogen) atoms. The standard InChI is InChI=1S/C19H24FN5O2.ClH/c1-21-17(14-11-22-24(2)12-14)19(27)25-9-7-13(8-10-25)18(26)23-16-5-3-15(20)4-6-16;/h3-6,11-13,17,21H,7-10H2,1-2H3,(H,23,26);1H. The van der Waals surface area contributed by atoms with E-state index in [2.05, 4.69) is 15.7 Å². The molecule has 0 spiro atoms. The van der Waals surface area contributed by atoms with Crippen LogP contribution in [-0.4, -0.2) is 46.6 Å². The fraction of sp³-hybridized carbons (Fsp3) is 0.421. The number of likely N-dealkylation sites (tertiary alicyclic amines) is 1. The third-order valence-electron chi connectivity index (χ3n) is 4.88. The number of likely N-dealkylation sites (N-methyl/N-ethyl adjacent to an activating group) is 1. The summed E-state index contributed by atoms with van der Waals surface area (Å²) in [7, 11) is 3.56. The van der Waals surface area contributed by atoms with Crippen LogP contribution in [-0.2, 0) is 16.6 Å². The zero-order valence-corrected chi connectivity index (χ0v) is 16.7. The van der Waals surface area contributed by atoms with Crippen LogP contribution in [0.4, 0.5) is 10.1 Å². The van der Waals surface area contributed by atoms with Gasteiger partial charge in [0.25, 0.3) is 0 Å². The maximum Gasteiger partial charge on any atom is 0.244 e. The van der Waals surface area contributed by atoms with E-state index in [-0.39, 0.29) is 36.0 Å². The Kier molecular flexibility index (Phi) is 7.53. The number of benzene rings is 1. The highest BCUT2D eigenvalue weighted by Crippen LogP contribution is 2.23. The van der Waals surface area contributed by atoms with E-state index in [0.29, 0.717) is 31.6 Å². The lowest BCUT2D eigenvalue weighted by Crippen LogP contribution is -2.45. The normalized spacial score (nSPS) is 15.6. The minimum absolute atomic E-state index is 0. The van der Waals surface area contributed by atoms with Gasteiger partial charge in [0.15, 0.2) is 0 Å². The van der Waals surface area contributed by atoms with Crippen molar-refractivity contribution in [2.24, 2.45) is 13.0 Å². The number of halogens is 2. The molecule has 0 saturated carbocycles. The van der Waals surface area contributed by atoms with Gasteiger partial charge in [0.2, 0.25) is 11.8 Å². The molecule has 3 rings (SSSR count). The van der Waals surface area contributed by atoms with Crippen molar-refractivity contribution in [2.45, 2.75) is 18.9 Å². The number of carbonyl (C=O) groups excluding carboxylic acids is 2. The first-order valence-electron chi connectivity index (χ1n) is 8.99. The third kappa shape index (κ3) is 5.08. The van der Waals surface area contributed by atoms with Gasteiger partial charge in [0.1, 0.15) is 11.9 Å². The molecule has 2 N–H and O–H groups in total. The number of anilines is 1. The van der Waals surface area contributed by atoms with Crippen LogP contribution >= 0.6 is 12.4 Å². The second-order valence-electron chi connectivity index (χ2n) is 6.76. The van der Waals surface area contributed by atoms with Gasteiger partial charge in [0, 0.05) is 43.5 Å². The third-order valence-corrected chi connectivity index (χ3v) is 4.88. The molecular weight excluding hydrogens is 385 g/mol. The highest BCUT2D eigenvalue weighted by atomic mass is 35.5. The lowest BCUT2D eigenvalue weighted by atomic mass is 9.95. The van der Waals surface area contributed by atoms with E-state index >= 15 is 0 Å². The molecule has 2 heterocycles. The van der Waals surface area contributed by atoms with Gasteiger partial charge >= 0.3 is 0 Å². The number of nitrogens with zero attached hydrogens (tertiary/aromatic N) is 3. The number of hydrogen-bond acceptors (Lipinski definition) is 4. The van der Waals surface area contributed by atoms with Gasteiger partial charge in [-0.05, 0) is 44.2 Å². The number of aryl methyl sites for hydroxylation is 1. The molecule has 0 bridgehead atoms. The Morgan fingerprint density at radius 3 is 2.39 bits per heavy atom. The van der Waals surface area contributed by atoms with E-state index in [9.17, 15) is 14.0 Å². The van der Waals surface area contributed by atoms with Crippen molar-refractivity contribution in [1.82, 2.24) is 20.0 Å². The Morgan fingerprint density at radius 1 is 1.21 bits per heavy atom. The first-order valence-corrected chi connectivity index (χ1v) is 8.99. The predicted molar refractivity (Wildman–Crippen MR) is 107 cm³/mol. The smallest absolute Gasteiger partial charge is 0.244 e. The number of rotatable bonds is 5. The zero-order chi connectivity index (χ0) is 19.4. The summed E-state index contributed by atoms with van der Waals surface area (Å²) < 4.78 is 14.6. The van der Waals surface area contributed by atoms with Gasteiger partial charge in [-0.2, -0.15) is 5.10 Å². The summed E-state index contributed by atoms with van der Waals surface area (Å²) in [5.41, 5.74) is 1.40. The van der Waals surface area contributed by atoms with Crippen LogP contribution in [0.1, 0.15) is 24.4 Å². The summed E-state index contributed by atoms with van der Waals surface area (Å²) in [6.45, 7) is 1.05. The maximum absolute atomic E-state index is 13.0. The van der Waals surface area contributed by atoms with Gasteiger partial charge in [-0.15, -0.1) is 12.4 Å². The lowest BCUT2D eigenvalue weighted by Gasteiger charge is -2.33. The number of hydrogen-bond donors (Lipinski definition) is 2. The molecule has 1 saturated heterocycles. The summed E-state index contributed by atoms with van der Waals surface area (Å²) in [6.07, 6.45) is 4.70. The van der Waals surface area contributed by atoms with Crippen LogP contribution in [0.15, 0.2) is 36.7 Å². The Labute approximate surface area is 169 Å². The Balaban J connectivity index is 0.00000280. The summed E-state index contributed by atoms with van der Waals surface area (Å²) in [6, 6.07) is 5.26. The van der Waals surface area contributed by atoms with Crippen LogP contribution in [0.3, 0.4) is 0 Å². The van der Waals surface area contributed by atoms with E-state index in [0.717, 1.165) is 5.56 Å². The fourth-order valence-electron chi connectivity index (χ4n) is 3.34. The van der Waals surface area contributed by atoms with Gasteiger partial charge in [-0.1, -0.05) is 0 Å². The van der Waals surface area contributed by atoms with Crippen LogP contribution in [0.5, 0.6) is 0 Å². The topological polar surface area (TPSA) is 79.3 Å². The van der Waals surface area contributed by atoms with Crippen LogP contribution in [0.25, 0.3) is 0 Å². The van der Waals surface area contributed by atoms with Gasteiger partial charge < -0.3 is 15.5 Å². The van der Waals surface area contributed by atoms with Gasteiger partial charge in [-0.25, -0.2) is 4.39 Å². The summed E-state index contributed by atoms with van der Waals surface area (Å²) in [5, 5.41) is 9.98. The van der Waals surface area contributed by atoms with Crippen molar-refractivity contribution in [2.75, 3.05) is 25.5 Å². The van der Waals surface area contributed by atoms with Gasteiger partial charge in [0.05, 0.1) is 6.20 Å². The van der Waals surface area contributed by atoms with Crippen molar-refractivity contribution in [1.29, 1.82) is 0 Å². The number of piperidine rings is 1. The maximum atomic E-state index is 13.0. The Hall–Kier alpha value is -2.45. The van der Waals surface area contributed by atoms with Crippen LogP contribution < -0.4 is 10.6 Å². The number of nitrogens with one attached hydrogen (secondary N) is 2. The SMILES string of the molecule is CNC(C(=O)N1CCC(C(=O)Nc2ccc(F)cc2)CC1)c1cnn(C)c1.Cl. The summed E-state index contributed by atoms with van der Waals surface area (Å²) >= 11 is 0. The summed E-state index contributed by atoms with van der Waals surface area (Å²) in [5.74, 6) is -0.605. The molecule has 1 aliphatic rings. The molecule has 7 nitrogen and oxygen atoms in total. The monoisotopic (exact) mass is 409 g/mol. The molecule has 152 valence electrons. The quantitative estimate of drug-likeness (QED) is 0.792. The summed E-state index contributed by atoms with van der Waals surface area (Å²) in [4.78, 5) is 27.0. The second kappa shape index (κ2) is 9.66. The molecule has 2 amide bonds. The predicted octanol–water partition coefficient (Wildman–Crippen LogP) is 2.12. The molecular formula is C19H25ClFN5O2. The number of amides is 2. The van der Waals surface area contributed by atoms with E-state index in [1.807, 2.05) is 13.2 Å². The fourth-order valence-corrected chi connectivity index (χ4v) is 3.34. The minimum atomic E-state index is -0.441. The average molecular weight is 410 g/mol. The molecule has 0 radical (unpaired) electrons. The molecule has 2 aromatic rings. The van der Waals surface area contributed by atoms with Crippen molar-refractivity contribution in [3.63, 3.8) is 0 Å². The first-order chi connectivity index (χ1) is 13.0. The first kappa shape index (κ1) is 21.8. The molecule has 1 aromatic carbocycles. The van der Waals surface area contributed by atoms with E-state index < -0.39 is 6.04 Å². The average Bonchev–Trinajstić information content (AvgIpc) is 3.10. The van der Waals surface area contributed by atoms with Crippen molar-refractivity contribution >= 4 is 29.9 Å².